The van der Waals surface area contributed by atoms with Crippen molar-refractivity contribution in [3.8, 4) is 5.69 Å². The van der Waals surface area contributed by atoms with Gasteiger partial charge in [-0.25, -0.2) is 9.67 Å². The molecular formula is C22H20N4O. The van der Waals surface area contributed by atoms with Crippen molar-refractivity contribution >= 4 is 17.1 Å². The summed E-state index contributed by atoms with van der Waals surface area (Å²) in [4.78, 5) is 17.3. The second kappa shape index (κ2) is 7.03. The summed E-state index contributed by atoms with van der Waals surface area (Å²) in [6, 6.07) is 16.0. The molecule has 0 N–H and O–H groups in total. The van der Waals surface area contributed by atoms with Gasteiger partial charge in [-0.3, -0.25) is 9.36 Å². The maximum Gasteiger partial charge on any atom is 0.264 e. The number of hydrogen-bond donors (Lipinski definition) is 0. The summed E-state index contributed by atoms with van der Waals surface area (Å²) in [5, 5.41) is 4.94. The largest absolute Gasteiger partial charge is 0.295 e. The van der Waals surface area contributed by atoms with Crippen molar-refractivity contribution in [2.75, 3.05) is 0 Å². The molecule has 2 aromatic carbocycles. The Morgan fingerprint density at radius 3 is 2.67 bits per heavy atom. The zero-order valence-corrected chi connectivity index (χ0v) is 15.3. The van der Waals surface area contributed by atoms with Crippen LogP contribution in [0.3, 0.4) is 0 Å². The standard InChI is InChI=1S/C22H20N4O/c1-16-8-6-12-20(17(16)2)26-21-19(14-24-26)22(27)25(15-23-21)13-7-11-18-9-4-3-5-10-18/h3-12,14-15H,13H2,1-2H3/b11-7+. The van der Waals surface area contributed by atoms with Crippen LogP contribution in [0, 0.1) is 13.8 Å². The second-order valence-corrected chi connectivity index (χ2v) is 6.53. The van der Waals surface area contributed by atoms with Gasteiger partial charge in [-0.2, -0.15) is 5.10 Å². The van der Waals surface area contributed by atoms with Crippen molar-refractivity contribution in [3.63, 3.8) is 0 Å². The first kappa shape index (κ1) is 17.0. The predicted molar refractivity (Wildman–Crippen MR) is 108 cm³/mol. The van der Waals surface area contributed by atoms with Crippen LogP contribution in [-0.4, -0.2) is 19.3 Å². The fraction of sp³-hybridized carbons (Fsp3) is 0.136. The molecule has 2 aromatic heterocycles. The number of hydrogen-bond acceptors (Lipinski definition) is 3. The molecule has 4 aromatic rings. The molecule has 0 unspecified atom stereocenters. The van der Waals surface area contributed by atoms with Gasteiger partial charge in [0.25, 0.3) is 5.56 Å². The van der Waals surface area contributed by atoms with Gasteiger partial charge in [0.1, 0.15) is 11.7 Å². The van der Waals surface area contributed by atoms with Gasteiger partial charge in [-0.05, 0) is 36.6 Å². The fourth-order valence-electron chi connectivity index (χ4n) is 3.09. The summed E-state index contributed by atoms with van der Waals surface area (Å²) in [6.07, 6.45) is 7.14. The SMILES string of the molecule is Cc1cccc(-n2ncc3c(=O)n(C/C=C/c4ccccc4)cnc32)c1C. The highest BCUT2D eigenvalue weighted by Crippen LogP contribution is 2.19. The maximum atomic E-state index is 12.8. The van der Waals surface area contributed by atoms with Crippen LogP contribution in [-0.2, 0) is 6.54 Å². The van der Waals surface area contributed by atoms with Crippen molar-refractivity contribution in [2.45, 2.75) is 20.4 Å². The van der Waals surface area contributed by atoms with Gasteiger partial charge in [0.2, 0.25) is 0 Å². The number of rotatable bonds is 4. The summed E-state index contributed by atoms with van der Waals surface area (Å²) in [7, 11) is 0. The third kappa shape index (κ3) is 3.19. The Balaban J connectivity index is 1.69. The summed E-state index contributed by atoms with van der Waals surface area (Å²) in [6.45, 7) is 4.57. The van der Waals surface area contributed by atoms with Crippen molar-refractivity contribution in [3.05, 3.63) is 94.2 Å². The fourth-order valence-corrected chi connectivity index (χ4v) is 3.09. The van der Waals surface area contributed by atoms with E-state index in [1.165, 1.54) is 5.56 Å². The summed E-state index contributed by atoms with van der Waals surface area (Å²) in [5.41, 5.74) is 4.84. The zero-order valence-electron chi connectivity index (χ0n) is 15.3. The summed E-state index contributed by atoms with van der Waals surface area (Å²) < 4.78 is 3.33. The third-order valence-corrected chi connectivity index (χ3v) is 4.77. The van der Waals surface area contributed by atoms with Crippen molar-refractivity contribution in [1.29, 1.82) is 0 Å². The normalized spacial score (nSPS) is 11.5. The Bertz CT molecular complexity index is 1190. The lowest BCUT2D eigenvalue weighted by atomic mass is 10.1. The first-order valence-corrected chi connectivity index (χ1v) is 8.86. The second-order valence-electron chi connectivity index (χ2n) is 6.53. The van der Waals surface area contributed by atoms with Crippen LogP contribution < -0.4 is 5.56 Å². The Kier molecular flexibility index (Phi) is 4.42. The first-order chi connectivity index (χ1) is 13.1. The molecule has 0 saturated heterocycles. The number of nitrogens with zero attached hydrogens (tertiary/aromatic N) is 4. The molecule has 0 aliphatic heterocycles. The molecule has 0 aliphatic carbocycles. The van der Waals surface area contributed by atoms with Gasteiger partial charge in [0.05, 0.1) is 11.9 Å². The van der Waals surface area contributed by atoms with Crippen molar-refractivity contribution in [1.82, 2.24) is 19.3 Å². The molecule has 0 fully saturated rings. The van der Waals surface area contributed by atoms with Gasteiger partial charge in [0.15, 0.2) is 5.65 Å². The minimum Gasteiger partial charge on any atom is -0.295 e. The molecule has 0 aliphatic rings. The Morgan fingerprint density at radius 2 is 1.85 bits per heavy atom. The van der Waals surface area contributed by atoms with E-state index in [1.807, 2.05) is 61.5 Å². The highest BCUT2D eigenvalue weighted by molar-refractivity contribution is 5.75. The zero-order chi connectivity index (χ0) is 18.8. The van der Waals surface area contributed by atoms with E-state index in [9.17, 15) is 4.79 Å². The molecule has 0 bridgehead atoms. The molecule has 5 nitrogen and oxygen atoms in total. The Labute approximate surface area is 157 Å². The molecule has 0 saturated carbocycles. The lowest BCUT2D eigenvalue weighted by Crippen LogP contribution is -2.19. The highest BCUT2D eigenvalue weighted by atomic mass is 16.1. The third-order valence-electron chi connectivity index (χ3n) is 4.77. The quantitative estimate of drug-likeness (QED) is 0.557. The minimum absolute atomic E-state index is 0.0886. The van der Waals surface area contributed by atoms with Crippen molar-refractivity contribution in [2.24, 2.45) is 0 Å². The van der Waals surface area contributed by atoms with E-state index in [-0.39, 0.29) is 5.56 Å². The number of fused-ring (bicyclic) bond motifs is 1. The smallest absolute Gasteiger partial charge is 0.264 e. The Hall–Kier alpha value is -3.47. The average Bonchev–Trinajstić information content (AvgIpc) is 3.11. The van der Waals surface area contributed by atoms with E-state index < -0.39 is 0 Å². The average molecular weight is 356 g/mol. The molecule has 134 valence electrons. The molecular weight excluding hydrogens is 336 g/mol. The lowest BCUT2D eigenvalue weighted by molar-refractivity contribution is 0.764. The molecule has 0 amide bonds. The number of benzene rings is 2. The van der Waals surface area contributed by atoms with E-state index in [0.717, 1.165) is 16.8 Å². The number of allylic oxidation sites excluding steroid dienone is 1. The topological polar surface area (TPSA) is 52.7 Å². The first-order valence-electron chi connectivity index (χ1n) is 8.86. The van der Waals surface area contributed by atoms with Crippen LogP contribution in [0.15, 0.2) is 71.9 Å². The van der Waals surface area contributed by atoms with Crippen LogP contribution >= 0.6 is 0 Å². The van der Waals surface area contributed by atoms with E-state index in [1.54, 1.807) is 21.8 Å². The highest BCUT2D eigenvalue weighted by Gasteiger charge is 2.13. The van der Waals surface area contributed by atoms with E-state index in [0.29, 0.717) is 17.6 Å². The van der Waals surface area contributed by atoms with E-state index in [2.05, 4.69) is 23.1 Å². The molecule has 5 heteroatoms. The lowest BCUT2D eigenvalue weighted by Gasteiger charge is -2.09. The van der Waals surface area contributed by atoms with Crippen molar-refractivity contribution < 1.29 is 0 Å². The van der Waals surface area contributed by atoms with Crippen LogP contribution in [0.4, 0.5) is 0 Å². The predicted octanol–water partition coefficient (Wildman–Crippen LogP) is 3.91. The monoisotopic (exact) mass is 356 g/mol. The number of aryl methyl sites for hydroxylation is 1. The van der Waals surface area contributed by atoms with Crippen LogP contribution in [0.25, 0.3) is 22.8 Å². The van der Waals surface area contributed by atoms with Gasteiger partial charge in [-0.15, -0.1) is 0 Å². The van der Waals surface area contributed by atoms with Gasteiger partial charge < -0.3 is 0 Å². The molecule has 0 radical (unpaired) electrons. The molecule has 27 heavy (non-hydrogen) atoms. The Morgan fingerprint density at radius 1 is 1.04 bits per heavy atom. The molecule has 0 atom stereocenters. The van der Waals surface area contributed by atoms with Gasteiger partial charge in [-0.1, -0.05) is 54.6 Å². The summed E-state index contributed by atoms with van der Waals surface area (Å²) >= 11 is 0. The maximum absolute atomic E-state index is 12.8. The van der Waals surface area contributed by atoms with Crippen LogP contribution in [0.1, 0.15) is 16.7 Å². The van der Waals surface area contributed by atoms with Crippen LogP contribution in [0.5, 0.6) is 0 Å². The summed E-state index contributed by atoms with van der Waals surface area (Å²) in [5.74, 6) is 0. The van der Waals surface area contributed by atoms with Gasteiger partial charge in [0, 0.05) is 6.54 Å². The molecule has 4 rings (SSSR count). The van der Waals surface area contributed by atoms with Crippen LogP contribution in [0.2, 0.25) is 0 Å². The molecule has 0 spiro atoms. The minimum atomic E-state index is -0.0886. The van der Waals surface area contributed by atoms with Gasteiger partial charge >= 0.3 is 0 Å². The van der Waals surface area contributed by atoms with E-state index >= 15 is 0 Å². The molecule has 2 heterocycles. The number of aromatic nitrogens is 4. The van der Waals surface area contributed by atoms with E-state index in [4.69, 9.17) is 0 Å².